The van der Waals surface area contributed by atoms with Gasteiger partial charge in [-0.05, 0) is 5.57 Å². The average molecular weight is 263 g/mol. The van der Waals surface area contributed by atoms with Crippen LogP contribution in [0.1, 0.15) is 0 Å². The number of esters is 2. The molecule has 1 atom stereocenters. The molecule has 1 N–H and O–H groups in total. The van der Waals surface area contributed by atoms with Crippen LogP contribution in [0.15, 0.2) is 39.9 Å². The molecule has 0 aromatic heterocycles. The van der Waals surface area contributed by atoms with Crippen LogP contribution in [0.2, 0.25) is 0 Å². The number of carbonyl (C=O) groups excluding carboxylic acids is 2. The molecule has 0 bridgehead atoms. The summed E-state index contributed by atoms with van der Waals surface area (Å²) in [6, 6.07) is -0.463. The third-order valence-electron chi connectivity index (χ3n) is 2.95. The molecule has 100 valence electrons. The summed E-state index contributed by atoms with van der Waals surface area (Å²) in [4.78, 5) is 27.7. The fourth-order valence-electron chi connectivity index (χ4n) is 2.10. The monoisotopic (exact) mass is 263 g/mol. The van der Waals surface area contributed by atoms with Crippen molar-refractivity contribution in [3.8, 4) is 0 Å². The van der Waals surface area contributed by atoms with Crippen molar-refractivity contribution in [2.45, 2.75) is 6.04 Å². The van der Waals surface area contributed by atoms with E-state index in [0.717, 1.165) is 0 Å². The van der Waals surface area contributed by atoms with Crippen LogP contribution in [0, 0.1) is 0 Å². The predicted molar refractivity (Wildman–Crippen MR) is 66.6 cm³/mol. The smallest absolute Gasteiger partial charge is 0.357 e. The van der Waals surface area contributed by atoms with Gasteiger partial charge in [0.2, 0.25) is 0 Å². The molecule has 2 aliphatic rings. The molecule has 6 nitrogen and oxygen atoms in total. The standard InChI is InChI=1S/C13H13NO5/c1-18-12(16)10-9-7(6-15)4-3-5-8(9)14-11(10)13(17)19-2/h3-5,8,15H,6H2,1-2H3. The third-order valence-corrected chi connectivity index (χ3v) is 2.95. The summed E-state index contributed by atoms with van der Waals surface area (Å²) in [6.07, 6.45) is 5.12. The lowest BCUT2D eigenvalue weighted by molar-refractivity contribution is -0.137. The highest BCUT2D eigenvalue weighted by molar-refractivity contribution is 6.50. The summed E-state index contributed by atoms with van der Waals surface area (Å²) in [5.41, 5.74) is 1.03. The van der Waals surface area contributed by atoms with Gasteiger partial charge in [0, 0.05) is 5.57 Å². The quantitative estimate of drug-likeness (QED) is 0.721. The molecule has 0 amide bonds. The third kappa shape index (κ3) is 2.10. The van der Waals surface area contributed by atoms with Gasteiger partial charge >= 0.3 is 11.9 Å². The highest BCUT2D eigenvalue weighted by Crippen LogP contribution is 2.32. The Morgan fingerprint density at radius 1 is 1.32 bits per heavy atom. The van der Waals surface area contributed by atoms with Gasteiger partial charge in [-0.25, -0.2) is 9.59 Å². The second-order valence-corrected chi connectivity index (χ2v) is 3.93. The van der Waals surface area contributed by atoms with Crippen LogP contribution in [0.4, 0.5) is 0 Å². The molecule has 1 unspecified atom stereocenters. The Morgan fingerprint density at radius 2 is 2.00 bits per heavy atom. The highest BCUT2D eigenvalue weighted by Gasteiger charge is 2.38. The zero-order valence-electron chi connectivity index (χ0n) is 10.5. The number of aliphatic hydroxyl groups is 1. The number of aliphatic hydroxyl groups excluding tert-OH is 1. The first-order chi connectivity index (χ1) is 9.13. The van der Waals surface area contributed by atoms with Crippen molar-refractivity contribution in [1.29, 1.82) is 0 Å². The zero-order valence-corrected chi connectivity index (χ0v) is 10.5. The Bertz CT molecular complexity index is 553. The molecule has 19 heavy (non-hydrogen) atoms. The van der Waals surface area contributed by atoms with E-state index in [9.17, 15) is 14.7 Å². The van der Waals surface area contributed by atoms with Gasteiger partial charge in [0.1, 0.15) is 0 Å². The van der Waals surface area contributed by atoms with Gasteiger partial charge in [-0.2, -0.15) is 0 Å². The normalized spacial score (nSPS) is 20.7. The molecule has 1 aliphatic carbocycles. The number of methoxy groups -OCH3 is 2. The SMILES string of the molecule is COC(=O)C1=NC2C=CC=C(CO)C2=C1C(=O)OC. The molecule has 0 radical (unpaired) electrons. The van der Waals surface area contributed by atoms with E-state index in [1.165, 1.54) is 14.2 Å². The fraction of sp³-hybridized carbons (Fsp3) is 0.308. The van der Waals surface area contributed by atoms with Gasteiger partial charge in [-0.3, -0.25) is 4.99 Å². The van der Waals surface area contributed by atoms with Gasteiger partial charge in [0.15, 0.2) is 5.71 Å². The van der Waals surface area contributed by atoms with Crippen LogP contribution >= 0.6 is 0 Å². The zero-order chi connectivity index (χ0) is 14.0. The minimum absolute atomic E-state index is 0.0593. The van der Waals surface area contributed by atoms with E-state index in [-0.39, 0.29) is 17.9 Å². The van der Waals surface area contributed by atoms with E-state index < -0.39 is 18.0 Å². The molecular formula is C13H13NO5. The number of allylic oxidation sites excluding steroid dienone is 2. The summed E-state index contributed by atoms with van der Waals surface area (Å²) in [5, 5.41) is 9.34. The molecule has 1 aliphatic heterocycles. The first-order valence-electron chi connectivity index (χ1n) is 5.61. The second-order valence-electron chi connectivity index (χ2n) is 3.93. The van der Waals surface area contributed by atoms with Gasteiger partial charge in [0.25, 0.3) is 0 Å². The minimum Gasteiger partial charge on any atom is -0.465 e. The number of fused-ring (bicyclic) bond motifs is 1. The maximum absolute atomic E-state index is 11.9. The molecule has 0 saturated carbocycles. The van der Waals surface area contributed by atoms with Crippen LogP contribution in [0.25, 0.3) is 0 Å². The second kappa shape index (κ2) is 5.19. The molecule has 1 heterocycles. The first-order valence-corrected chi connectivity index (χ1v) is 5.61. The van der Waals surface area contributed by atoms with Crippen molar-refractivity contribution in [1.82, 2.24) is 0 Å². The lowest BCUT2D eigenvalue weighted by atomic mass is 9.91. The molecule has 2 rings (SSSR count). The van der Waals surface area contributed by atoms with E-state index in [0.29, 0.717) is 11.1 Å². The molecule has 6 heteroatoms. The summed E-state index contributed by atoms with van der Waals surface area (Å²) < 4.78 is 9.30. The highest BCUT2D eigenvalue weighted by atomic mass is 16.5. The average Bonchev–Trinajstić information content (AvgIpc) is 2.84. The minimum atomic E-state index is -0.701. The molecule has 0 aromatic carbocycles. The molecule has 0 fully saturated rings. The lowest BCUT2D eigenvalue weighted by Gasteiger charge is -2.15. The van der Waals surface area contributed by atoms with E-state index in [1.807, 2.05) is 0 Å². The number of aliphatic imine (C=N–C) groups is 1. The number of carbonyl (C=O) groups is 2. The van der Waals surface area contributed by atoms with Crippen LogP contribution in [-0.4, -0.2) is 49.6 Å². The molecule has 0 saturated heterocycles. The molecule has 0 spiro atoms. The Hall–Kier alpha value is -2.21. The van der Waals surface area contributed by atoms with Crippen LogP contribution < -0.4 is 0 Å². The number of rotatable bonds is 3. The van der Waals surface area contributed by atoms with Gasteiger partial charge in [-0.1, -0.05) is 18.2 Å². The summed E-state index contributed by atoms with van der Waals surface area (Å²) >= 11 is 0. The van der Waals surface area contributed by atoms with Gasteiger partial charge in [-0.15, -0.1) is 0 Å². The topological polar surface area (TPSA) is 85.2 Å². The maximum atomic E-state index is 11.9. The predicted octanol–water partition coefficient (Wildman–Crippen LogP) is -0.0593. The van der Waals surface area contributed by atoms with E-state index >= 15 is 0 Å². The maximum Gasteiger partial charge on any atom is 0.357 e. The van der Waals surface area contributed by atoms with Crippen LogP contribution in [-0.2, 0) is 19.1 Å². The van der Waals surface area contributed by atoms with Crippen molar-refractivity contribution in [3.63, 3.8) is 0 Å². The van der Waals surface area contributed by atoms with Gasteiger partial charge < -0.3 is 14.6 Å². The number of hydrogen-bond donors (Lipinski definition) is 1. The van der Waals surface area contributed by atoms with Crippen molar-refractivity contribution >= 4 is 17.7 Å². The Kier molecular flexibility index (Phi) is 3.62. The molecule has 0 aromatic rings. The first kappa shape index (κ1) is 13.2. The van der Waals surface area contributed by atoms with Crippen molar-refractivity contribution in [2.75, 3.05) is 20.8 Å². The lowest BCUT2D eigenvalue weighted by Crippen LogP contribution is -2.23. The van der Waals surface area contributed by atoms with Crippen LogP contribution in [0.5, 0.6) is 0 Å². The summed E-state index contributed by atoms with van der Waals surface area (Å²) in [6.45, 7) is -0.249. The van der Waals surface area contributed by atoms with E-state index in [2.05, 4.69) is 14.5 Å². The molecular weight excluding hydrogens is 250 g/mol. The summed E-state index contributed by atoms with van der Waals surface area (Å²) in [7, 11) is 2.43. The Labute approximate surface area is 109 Å². The summed E-state index contributed by atoms with van der Waals surface area (Å²) in [5.74, 6) is -1.37. The van der Waals surface area contributed by atoms with Crippen molar-refractivity contribution < 1.29 is 24.2 Å². The largest absolute Gasteiger partial charge is 0.465 e. The van der Waals surface area contributed by atoms with Gasteiger partial charge in [0.05, 0.1) is 32.4 Å². The van der Waals surface area contributed by atoms with Crippen LogP contribution in [0.3, 0.4) is 0 Å². The number of hydrogen-bond acceptors (Lipinski definition) is 6. The number of ether oxygens (including phenoxy) is 2. The Balaban J connectivity index is 2.58. The van der Waals surface area contributed by atoms with Crippen molar-refractivity contribution in [2.24, 2.45) is 4.99 Å². The van der Waals surface area contributed by atoms with Crippen molar-refractivity contribution in [3.05, 3.63) is 34.9 Å². The Morgan fingerprint density at radius 3 is 2.58 bits per heavy atom. The number of nitrogens with zero attached hydrogens (tertiary/aromatic N) is 1. The fourth-order valence-corrected chi connectivity index (χ4v) is 2.10. The van der Waals surface area contributed by atoms with E-state index in [1.54, 1.807) is 18.2 Å². The van der Waals surface area contributed by atoms with E-state index in [4.69, 9.17) is 0 Å².